The minimum Gasteiger partial charge on any atom is -0.396 e. The van der Waals surface area contributed by atoms with Gasteiger partial charge in [-0.2, -0.15) is 0 Å². The lowest BCUT2D eigenvalue weighted by atomic mass is 9.71. The molecular weight excluding hydrogens is 278 g/mol. The van der Waals surface area contributed by atoms with E-state index in [1.165, 1.54) is 12.8 Å². The lowest BCUT2D eigenvalue weighted by Crippen LogP contribution is -2.40. The number of ether oxygens (including phenoxy) is 2. The Labute approximate surface area is 136 Å². The van der Waals surface area contributed by atoms with Crippen LogP contribution in [0.4, 0.5) is 0 Å². The lowest BCUT2D eigenvalue weighted by molar-refractivity contribution is -0.197. The van der Waals surface area contributed by atoms with Gasteiger partial charge >= 0.3 is 0 Å². The second kappa shape index (κ2) is 7.61. The van der Waals surface area contributed by atoms with Crippen LogP contribution in [0.2, 0.25) is 0 Å². The Kier molecular flexibility index (Phi) is 6.29. The van der Waals surface area contributed by atoms with E-state index in [-0.39, 0.29) is 18.5 Å². The molecule has 1 N–H and O–H groups in total. The third-order valence-electron chi connectivity index (χ3n) is 5.43. The average Bonchev–Trinajstić information content (AvgIpc) is 2.85. The van der Waals surface area contributed by atoms with Crippen LogP contribution < -0.4 is 0 Å². The third-order valence-corrected chi connectivity index (χ3v) is 5.43. The van der Waals surface area contributed by atoms with Crippen molar-refractivity contribution in [1.82, 2.24) is 4.90 Å². The summed E-state index contributed by atoms with van der Waals surface area (Å²) in [7, 11) is 0. The minimum absolute atomic E-state index is 0.185. The molecule has 1 spiro atoms. The van der Waals surface area contributed by atoms with Gasteiger partial charge in [-0.05, 0) is 37.1 Å². The highest BCUT2D eigenvalue weighted by molar-refractivity contribution is 4.89. The van der Waals surface area contributed by atoms with Crippen LogP contribution in [-0.4, -0.2) is 54.7 Å². The summed E-state index contributed by atoms with van der Waals surface area (Å²) in [6, 6.07) is 0. The van der Waals surface area contributed by atoms with Crippen LogP contribution in [0.1, 0.15) is 59.8 Å². The van der Waals surface area contributed by atoms with Crippen molar-refractivity contribution in [3.8, 4) is 0 Å². The van der Waals surface area contributed by atoms with Crippen molar-refractivity contribution in [2.45, 2.75) is 71.7 Å². The fourth-order valence-electron chi connectivity index (χ4n) is 3.85. The molecule has 1 unspecified atom stereocenters. The molecule has 0 aromatic heterocycles. The summed E-state index contributed by atoms with van der Waals surface area (Å²) in [6.07, 6.45) is 5.50. The molecule has 22 heavy (non-hydrogen) atoms. The van der Waals surface area contributed by atoms with Gasteiger partial charge in [-0.1, -0.05) is 27.7 Å². The first-order valence-electron chi connectivity index (χ1n) is 9.03. The number of hydrogen-bond donors (Lipinski definition) is 1. The van der Waals surface area contributed by atoms with Gasteiger partial charge in [0.05, 0.1) is 12.7 Å². The minimum atomic E-state index is -0.303. The number of rotatable bonds is 6. The van der Waals surface area contributed by atoms with E-state index in [2.05, 4.69) is 32.6 Å². The fraction of sp³-hybridized carbons (Fsp3) is 1.00. The van der Waals surface area contributed by atoms with E-state index < -0.39 is 0 Å². The van der Waals surface area contributed by atoms with Crippen LogP contribution in [0.5, 0.6) is 0 Å². The van der Waals surface area contributed by atoms with Crippen LogP contribution >= 0.6 is 0 Å². The first kappa shape index (κ1) is 18.2. The van der Waals surface area contributed by atoms with Gasteiger partial charge < -0.3 is 19.5 Å². The van der Waals surface area contributed by atoms with Crippen LogP contribution in [-0.2, 0) is 9.47 Å². The van der Waals surface area contributed by atoms with Crippen molar-refractivity contribution in [1.29, 1.82) is 0 Å². The molecule has 0 bridgehead atoms. The molecule has 1 heterocycles. The average molecular weight is 313 g/mol. The Morgan fingerprint density at radius 1 is 1.23 bits per heavy atom. The molecular formula is C18H35NO3. The van der Waals surface area contributed by atoms with Gasteiger partial charge in [-0.3, -0.25) is 0 Å². The molecule has 2 rings (SSSR count). The monoisotopic (exact) mass is 313 g/mol. The van der Waals surface area contributed by atoms with E-state index >= 15 is 0 Å². The first-order valence-corrected chi connectivity index (χ1v) is 9.03. The van der Waals surface area contributed by atoms with Gasteiger partial charge in [0.2, 0.25) is 0 Å². The quantitative estimate of drug-likeness (QED) is 0.818. The highest BCUT2D eigenvalue weighted by Gasteiger charge is 2.45. The summed E-state index contributed by atoms with van der Waals surface area (Å²) < 4.78 is 12.4. The van der Waals surface area contributed by atoms with Crippen molar-refractivity contribution < 1.29 is 14.6 Å². The zero-order chi connectivity index (χ0) is 16.2. The zero-order valence-corrected chi connectivity index (χ0v) is 14.9. The second-order valence-electron chi connectivity index (χ2n) is 8.07. The maximum Gasteiger partial charge on any atom is 0.168 e. The number of hydrogen-bond acceptors (Lipinski definition) is 4. The fourth-order valence-corrected chi connectivity index (χ4v) is 3.85. The molecule has 1 saturated heterocycles. The maximum atomic E-state index is 8.98. The Bertz CT molecular complexity index is 332. The molecule has 1 aliphatic carbocycles. The predicted molar refractivity (Wildman–Crippen MR) is 88.8 cm³/mol. The summed E-state index contributed by atoms with van der Waals surface area (Å²) >= 11 is 0. The van der Waals surface area contributed by atoms with Crippen LogP contribution in [0.3, 0.4) is 0 Å². The Balaban J connectivity index is 1.80. The SMILES string of the molecule is CCN(CCCO)CC1COC2(CCC(C(C)(C)C)CC2)O1. The van der Waals surface area contributed by atoms with Gasteiger partial charge in [-0.25, -0.2) is 0 Å². The van der Waals surface area contributed by atoms with Crippen molar-refractivity contribution >= 4 is 0 Å². The number of nitrogens with zero attached hydrogens (tertiary/aromatic N) is 1. The van der Waals surface area contributed by atoms with Crippen LogP contribution in [0.25, 0.3) is 0 Å². The molecule has 0 amide bonds. The van der Waals surface area contributed by atoms with E-state index in [1.54, 1.807) is 0 Å². The lowest BCUT2D eigenvalue weighted by Gasteiger charge is -2.41. The molecule has 1 atom stereocenters. The highest BCUT2D eigenvalue weighted by Crippen LogP contribution is 2.45. The molecule has 1 aliphatic heterocycles. The largest absolute Gasteiger partial charge is 0.396 e. The summed E-state index contributed by atoms with van der Waals surface area (Å²) in [5, 5.41) is 8.98. The Morgan fingerprint density at radius 3 is 2.45 bits per heavy atom. The van der Waals surface area contributed by atoms with Crippen molar-refractivity contribution in [3.05, 3.63) is 0 Å². The number of aliphatic hydroxyl groups excluding tert-OH is 1. The van der Waals surface area contributed by atoms with Crippen LogP contribution in [0.15, 0.2) is 0 Å². The summed E-state index contributed by atoms with van der Waals surface area (Å²) in [4.78, 5) is 2.35. The molecule has 0 aromatic carbocycles. The summed E-state index contributed by atoms with van der Waals surface area (Å²) in [6.45, 7) is 13.0. The highest BCUT2D eigenvalue weighted by atomic mass is 16.7. The summed E-state index contributed by atoms with van der Waals surface area (Å²) in [5.41, 5.74) is 0.392. The van der Waals surface area contributed by atoms with Gasteiger partial charge in [-0.15, -0.1) is 0 Å². The molecule has 4 nitrogen and oxygen atoms in total. The van der Waals surface area contributed by atoms with E-state index in [4.69, 9.17) is 14.6 Å². The van der Waals surface area contributed by atoms with Gasteiger partial charge in [0.15, 0.2) is 5.79 Å². The number of aliphatic hydroxyl groups is 1. The Hall–Kier alpha value is -0.160. The maximum absolute atomic E-state index is 8.98. The van der Waals surface area contributed by atoms with Gasteiger partial charge in [0.1, 0.15) is 0 Å². The van der Waals surface area contributed by atoms with Gasteiger partial charge in [0, 0.05) is 32.5 Å². The third kappa shape index (κ3) is 4.67. The van der Waals surface area contributed by atoms with Crippen LogP contribution in [0, 0.1) is 11.3 Å². The molecule has 130 valence electrons. The van der Waals surface area contributed by atoms with E-state index in [0.29, 0.717) is 5.41 Å². The normalized spacial score (nSPS) is 33.0. The summed E-state index contributed by atoms with van der Waals surface area (Å²) in [5.74, 6) is 0.476. The zero-order valence-electron chi connectivity index (χ0n) is 14.9. The van der Waals surface area contributed by atoms with Gasteiger partial charge in [0.25, 0.3) is 0 Å². The Morgan fingerprint density at radius 2 is 1.91 bits per heavy atom. The number of likely N-dealkylation sites (N-methyl/N-ethyl adjacent to an activating group) is 1. The smallest absolute Gasteiger partial charge is 0.168 e. The second-order valence-corrected chi connectivity index (χ2v) is 8.07. The molecule has 0 aromatic rings. The standard InChI is InChI=1S/C18H35NO3/c1-5-19(11-6-12-20)13-16-14-21-18(22-16)9-7-15(8-10-18)17(2,3)4/h15-16,20H,5-14H2,1-4H3. The van der Waals surface area contributed by atoms with Crippen molar-refractivity contribution in [2.24, 2.45) is 11.3 Å². The van der Waals surface area contributed by atoms with Crippen molar-refractivity contribution in [2.75, 3.05) is 32.8 Å². The molecule has 2 fully saturated rings. The predicted octanol–water partition coefficient (Wildman–Crippen LogP) is 3.04. The van der Waals surface area contributed by atoms with E-state index in [1.807, 2.05) is 0 Å². The van der Waals surface area contributed by atoms with Crippen molar-refractivity contribution in [3.63, 3.8) is 0 Å². The van der Waals surface area contributed by atoms with E-state index in [9.17, 15) is 0 Å². The molecule has 2 aliphatic rings. The molecule has 1 saturated carbocycles. The first-order chi connectivity index (χ1) is 10.4. The van der Waals surface area contributed by atoms with E-state index in [0.717, 1.165) is 51.4 Å². The topological polar surface area (TPSA) is 41.9 Å². The molecule has 0 radical (unpaired) electrons. The molecule has 4 heteroatoms.